The second-order valence-corrected chi connectivity index (χ2v) is 7.34. The molecule has 0 radical (unpaired) electrons. The van der Waals surface area contributed by atoms with Crippen LogP contribution in [0.1, 0.15) is 13.8 Å². The van der Waals surface area contributed by atoms with Crippen LogP contribution in [0.5, 0.6) is 11.5 Å². The maximum atomic E-state index is 12.1. The molecule has 0 saturated carbocycles. The van der Waals surface area contributed by atoms with E-state index in [2.05, 4.69) is 0 Å². The van der Waals surface area contributed by atoms with Crippen LogP contribution in [0.3, 0.4) is 0 Å². The summed E-state index contributed by atoms with van der Waals surface area (Å²) in [5, 5.41) is 52.0. The Morgan fingerprint density at radius 2 is 1.00 bits per heavy atom. The third-order valence-corrected chi connectivity index (χ3v) is 4.59. The van der Waals surface area contributed by atoms with Crippen molar-refractivity contribution in [1.82, 2.24) is 0 Å². The molecular formula is C21H22N2O13. The van der Waals surface area contributed by atoms with Crippen LogP contribution >= 0.6 is 0 Å². The van der Waals surface area contributed by atoms with E-state index in [1.807, 2.05) is 0 Å². The maximum absolute atomic E-state index is 12.1. The molecule has 15 nitrogen and oxygen atoms in total. The monoisotopic (exact) mass is 510 g/mol. The van der Waals surface area contributed by atoms with Crippen LogP contribution < -0.4 is 9.47 Å². The first kappa shape index (κ1) is 27.9. The van der Waals surface area contributed by atoms with Crippen LogP contribution in [0.15, 0.2) is 48.5 Å². The van der Waals surface area contributed by atoms with Gasteiger partial charge in [-0.3, -0.25) is 20.2 Å². The summed E-state index contributed by atoms with van der Waals surface area (Å²) >= 11 is 0. The van der Waals surface area contributed by atoms with Gasteiger partial charge < -0.3 is 34.3 Å². The van der Waals surface area contributed by atoms with E-state index >= 15 is 0 Å². The van der Waals surface area contributed by atoms with E-state index in [-0.39, 0.29) is 22.9 Å². The second kappa shape index (κ2) is 12.4. The summed E-state index contributed by atoms with van der Waals surface area (Å²) in [5.41, 5.74) is -0.518. The lowest BCUT2D eigenvalue weighted by Crippen LogP contribution is -2.51. The fourth-order valence-electron chi connectivity index (χ4n) is 2.83. The lowest BCUT2D eigenvalue weighted by Gasteiger charge is -2.31. The zero-order valence-electron chi connectivity index (χ0n) is 18.8. The number of aliphatic hydroxyl groups excluding tert-OH is 3. The van der Waals surface area contributed by atoms with Gasteiger partial charge in [-0.2, -0.15) is 0 Å². The van der Waals surface area contributed by atoms with Gasteiger partial charge in [0.25, 0.3) is 11.4 Å². The van der Waals surface area contributed by atoms with Crippen molar-refractivity contribution >= 4 is 23.7 Å². The lowest BCUT2D eigenvalue weighted by atomic mass is 10.0. The zero-order valence-corrected chi connectivity index (χ0v) is 18.8. The highest BCUT2D eigenvalue weighted by atomic mass is 16.7. The van der Waals surface area contributed by atoms with Crippen LogP contribution in [-0.2, 0) is 9.47 Å². The highest BCUT2D eigenvalue weighted by Crippen LogP contribution is 2.22. The maximum Gasteiger partial charge on any atom is 0.514 e. The molecule has 0 fully saturated rings. The van der Waals surface area contributed by atoms with Crippen molar-refractivity contribution in [2.75, 3.05) is 0 Å². The van der Waals surface area contributed by atoms with E-state index < -0.39 is 52.7 Å². The van der Waals surface area contributed by atoms with Crippen LogP contribution in [0.4, 0.5) is 21.0 Å². The van der Waals surface area contributed by atoms with Gasteiger partial charge in [0, 0.05) is 24.3 Å². The quantitative estimate of drug-likeness (QED) is 0.181. The van der Waals surface area contributed by atoms with Crippen LogP contribution in [-0.4, -0.2) is 68.0 Å². The molecule has 15 heteroatoms. The molecule has 4 atom stereocenters. The number of nitro groups is 2. The van der Waals surface area contributed by atoms with Crippen molar-refractivity contribution in [3.63, 3.8) is 0 Å². The molecular weight excluding hydrogens is 488 g/mol. The molecule has 0 aliphatic heterocycles. The Labute approximate surface area is 202 Å². The lowest BCUT2D eigenvalue weighted by molar-refractivity contribution is -0.385. The smallest absolute Gasteiger partial charge is 0.425 e. The van der Waals surface area contributed by atoms with Crippen molar-refractivity contribution in [1.29, 1.82) is 0 Å². The molecule has 0 saturated heterocycles. The number of non-ortho nitro benzene ring substituents is 2. The first-order valence-electron chi connectivity index (χ1n) is 10.2. The number of rotatable bonds is 10. The molecule has 0 aliphatic rings. The summed E-state index contributed by atoms with van der Waals surface area (Å²) < 4.78 is 19.6. The van der Waals surface area contributed by atoms with E-state index in [4.69, 9.17) is 18.9 Å². The third-order valence-electron chi connectivity index (χ3n) is 4.59. The number of carbonyl (C=O) groups excluding carboxylic acids is 2. The molecule has 0 aliphatic carbocycles. The van der Waals surface area contributed by atoms with Crippen molar-refractivity contribution < 1.29 is 53.7 Å². The number of carbonyl (C=O) groups is 2. The normalized spacial score (nSPS) is 14.9. The van der Waals surface area contributed by atoms with Gasteiger partial charge in [-0.05, 0) is 38.1 Å². The number of nitro benzene ring substituents is 2. The van der Waals surface area contributed by atoms with Gasteiger partial charge in [0.05, 0.1) is 22.1 Å². The molecule has 194 valence electrons. The Bertz CT molecular complexity index is 985. The molecule has 4 unspecified atom stereocenters. The van der Waals surface area contributed by atoms with E-state index in [1.54, 1.807) is 0 Å². The molecule has 36 heavy (non-hydrogen) atoms. The number of hydrogen-bond donors (Lipinski definition) is 3. The third kappa shape index (κ3) is 7.86. The number of hydrogen-bond acceptors (Lipinski definition) is 13. The Hall–Kier alpha value is -4.34. The van der Waals surface area contributed by atoms with E-state index in [0.717, 1.165) is 62.4 Å². The molecule has 0 amide bonds. The average Bonchev–Trinajstić information content (AvgIpc) is 2.81. The summed E-state index contributed by atoms with van der Waals surface area (Å²) in [7, 11) is 0. The summed E-state index contributed by atoms with van der Waals surface area (Å²) in [6.45, 7) is 2.28. The second-order valence-electron chi connectivity index (χ2n) is 7.34. The van der Waals surface area contributed by atoms with Gasteiger partial charge in [-0.15, -0.1) is 0 Å². The predicted octanol–water partition coefficient (Wildman–Crippen LogP) is 2.09. The van der Waals surface area contributed by atoms with Crippen LogP contribution in [0.2, 0.25) is 0 Å². The Balaban J connectivity index is 2.05. The van der Waals surface area contributed by atoms with E-state index in [1.165, 1.54) is 0 Å². The topological polar surface area (TPSA) is 218 Å². The van der Waals surface area contributed by atoms with Crippen LogP contribution in [0, 0.1) is 20.2 Å². The Morgan fingerprint density at radius 3 is 1.25 bits per heavy atom. The molecule has 0 bridgehead atoms. The minimum atomic E-state index is -1.97. The fraction of sp³-hybridized carbons (Fsp3) is 0.333. The standard InChI is InChI=1S/C21H22N2O13/c1-11(24)18(35-20(27)33-15-7-3-13(4-8-15)22(29)30)17(26)19(12(2)25)36-21(28)34-16-9-5-14(6-10-16)23(31)32/h3-12,17-19,24-26H,1-2H3. The summed E-state index contributed by atoms with van der Waals surface area (Å²) in [5.74, 6) is -0.279. The Morgan fingerprint density at radius 1 is 0.694 bits per heavy atom. The molecule has 3 N–H and O–H groups in total. The largest absolute Gasteiger partial charge is 0.514 e. The zero-order chi connectivity index (χ0) is 27.0. The molecule has 0 aromatic heterocycles. The van der Waals surface area contributed by atoms with E-state index in [9.17, 15) is 45.1 Å². The summed E-state index contributed by atoms with van der Waals surface area (Å²) in [4.78, 5) is 44.3. The van der Waals surface area contributed by atoms with Gasteiger partial charge in [-0.1, -0.05) is 0 Å². The minimum Gasteiger partial charge on any atom is -0.425 e. The molecule has 2 rings (SSSR count). The number of ether oxygens (including phenoxy) is 4. The number of aliphatic hydroxyl groups is 3. The van der Waals surface area contributed by atoms with Crippen molar-refractivity contribution in [3.05, 3.63) is 68.8 Å². The SMILES string of the molecule is CC(O)C(OC(=O)Oc1ccc([N+](=O)[O-])cc1)C(O)C(OC(=O)Oc1ccc([N+](=O)[O-])cc1)C(C)O. The minimum absolute atomic E-state index is 0.139. The Kier molecular flexibility index (Phi) is 9.60. The average molecular weight is 510 g/mol. The predicted molar refractivity (Wildman–Crippen MR) is 117 cm³/mol. The molecule has 2 aromatic carbocycles. The molecule has 2 aromatic rings. The first-order valence-corrected chi connectivity index (χ1v) is 10.2. The summed E-state index contributed by atoms with van der Waals surface area (Å²) in [6, 6.07) is 8.72. The van der Waals surface area contributed by atoms with Crippen molar-refractivity contribution in [2.45, 2.75) is 44.4 Å². The van der Waals surface area contributed by atoms with E-state index in [0.29, 0.717) is 0 Å². The molecule has 0 heterocycles. The van der Waals surface area contributed by atoms with Crippen molar-refractivity contribution in [2.24, 2.45) is 0 Å². The van der Waals surface area contributed by atoms with Crippen LogP contribution in [0.25, 0.3) is 0 Å². The van der Waals surface area contributed by atoms with Crippen molar-refractivity contribution in [3.8, 4) is 11.5 Å². The summed E-state index contributed by atoms with van der Waals surface area (Å²) in [6.07, 6.45) is -11.4. The molecule has 0 spiro atoms. The van der Waals surface area contributed by atoms with Gasteiger partial charge in [0.2, 0.25) is 0 Å². The fourth-order valence-corrected chi connectivity index (χ4v) is 2.83. The van der Waals surface area contributed by atoms with Gasteiger partial charge in [-0.25, -0.2) is 9.59 Å². The first-order chi connectivity index (χ1) is 16.9. The number of nitrogens with zero attached hydrogens (tertiary/aromatic N) is 2. The number of benzene rings is 2. The highest BCUT2D eigenvalue weighted by Gasteiger charge is 2.40. The van der Waals surface area contributed by atoms with Gasteiger partial charge >= 0.3 is 12.3 Å². The van der Waals surface area contributed by atoms with Gasteiger partial charge in [0.1, 0.15) is 17.6 Å². The van der Waals surface area contributed by atoms with Gasteiger partial charge in [0.15, 0.2) is 12.2 Å². The highest BCUT2D eigenvalue weighted by molar-refractivity contribution is 5.65.